The van der Waals surface area contributed by atoms with Crippen molar-refractivity contribution in [3.05, 3.63) is 53.9 Å². The van der Waals surface area contributed by atoms with Crippen LogP contribution in [0.25, 0.3) is 11.4 Å². The zero-order valence-corrected chi connectivity index (χ0v) is 14.6. The van der Waals surface area contributed by atoms with Crippen molar-refractivity contribution in [3.63, 3.8) is 0 Å². The molecule has 27 heavy (non-hydrogen) atoms. The number of ether oxygens (including phenoxy) is 3. The fourth-order valence-electron chi connectivity index (χ4n) is 2.57. The van der Waals surface area contributed by atoms with Crippen LogP contribution >= 0.6 is 0 Å². The summed E-state index contributed by atoms with van der Waals surface area (Å²) in [6.07, 6.45) is 0. The largest absolute Gasteiger partial charge is 0.484 e. The number of aryl methyl sites for hydroxylation is 1. The summed E-state index contributed by atoms with van der Waals surface area (Å²) in [7, 11) is 0. The first kappa shape index (κ1) is 16.9. The van der Waals surface area contributed by atoms with E-state index >= 15 is 0 Å². The number of amides is 1. The summed E-state index contributed by atoms with van der Waals surface area (Å²) < 4.78 is 21.0. The molecule has 0 bridgehead atoms. The second-order valence-corrected chi connectivity index (χ2v) is 5.91. The molecule has 1 N–H and O–H groups in total. The van der Waals surface area contributed by atoms with Crippen molar-refractivity contribution in [3.8, 4) is 28.6 Å². The van der Waals surface area contributed by atoms with Gasteiger partial charge in [-0.3, -0.25) is 4.79 Å². The molecule has 0 atom stereocenters. The Morgan fingerprint density at radius 3 is 2.74 bits per heavy atom. The van der Waals surface area contributed by atoms with Crippen molar-refractivity contribution < 1.29 is 23.5 Å². The standard InChI is InChI=1S/C19H17N3O5/c1-12-21-19(22-27-12)14-3-5-15(6-4-14)24-10-18(23)20-9-13-2-7-16-17(8-13)26-11-25-16/h2-8H,9-11H2,1H3,(H,20,23). The molecular formula is C19H17N3O5. The summed E-state index contributed by atoms with van der Waals surface area (Å²) >= 11 is 0. The minimum Gasteiger partial charge on any atom is -0.484 e. The molecule has 0 unspecified atom stereocenters. The van der Waals surface area contributed by atoms with E-state index in [1.807, 2.05) is 30.3 Å². The van der Waals surface area contributed by atoms with Gasteiger partial charge < -0.3 is 24.1 Å². The van der Waals surface area contributed by atoms with E-state index in [0.717, 1.165) is 11.1 Å². The summed E-state index contributed by atoms with van der Waals surface area (Å²) in [5.74, 6) is 2.79. The lowest BCUT2D eigenvalue weighted by Gasteiger charge is -2.08. The molecule has 8 heteroatoms. The van der Waals surface area contributed by atoms with Crippen LogP contribution in [0, 0.1) is 6.92 Å². The quantitative estimate of drug-likeness (QED) is 0.715. The highest BCUT2D eigenvalue weighted by Crippen LogP contribution is 2.32. The third-order valence-corrected chi connectivity index (χ3v) is 3.94. The summed E-state index contributed by atoms with van der Waals surface area (Å²) in [6.45, 7) is 2.26. The highest BCUT2D eigenvalue weighted by Gasteiger charge is 2.13. The molecule has 1 amide bonds. The average molecular weight is 367 g/mol. The van der Waals surface area contributed by atoms with Crippen LogP contribution < -0.4 is 19.5 Å². The van der Waals surface area contributed by atoms with Gasteiger partial charge in [0.25, 0.3) is 5.91 Å². The molecule has 0 spiro atoms. The van der Waals surface area contributed by atoms with Crippen LogP contribution in [-0.4, -0.2) is 29.4 Å². The zero-order chi connectivity index (χ0) is 18.6. The predicted octanol–water partition coefficient (Wildman–Crippen LogP) is 2.47. The lowest BCUT2D eigenvalue weighted by atomic mass is 10.2. The van der Waals surface area contributed by atoms with Crippen molar-refractivity contribution in [2.45, 2.75) is 13.5 Å². The first-order valence-corrected chi connectivity index (χ1v) is 8.36. The van der Waals surface area contributed by atoms with E-state index < -0.39 is 0 Å². The highest BCUT2D eigenvalue weighted by molar-refractivity contribution is 5.77. The molecule has 1 aliphatic heterocycles. The van der Waals surface area contributed by atoms with E-state index in [0.29, 0.717) is 35.5 Å². The van der Waals surface area contributed by atoms with E-state index in [2.05, 4.69) is 15.5 Å². The number of nitrogens with zero attached hydrogens (tertiary/aromatic N) is 2. The van der Waals surface area contributed by atoms with Gasteiger partial charge in [-0.15, -0.1) is 0 Å². The van der Waals surface area contributed by atoms with Crippen molar-refractivity contribution >= 4 is 5.91 Å². The number of rotatable bonds is 6. The van der Waals surface area contributed by atoms with E-state index in [-0.39, 0.29) is 19.3 Å². The van der Waals surface area contributed by atoms with Gasteiger partial charge in [-0.25, -0.2) is 0 Å². The Balaban J connectivity index is 1.26. The smallest absolute Gasteiger partial charge is 0.258 e. The number of carbonyl (C=O) groups is 1. The second-order valence-electron chi connectivity index (χ2n) is 5.91. The third-order valence-electron chi connectivity index (χ3n) is 3.94. The topological polar surface area (TPSA) is 95.7 Å². The molecule has 2 aromatic carbocycles. The summed E-state index contributed by atoms with van der Waals surface area (Å²) in [4.78, 5) is 16.2. The fourth-order valence-corrected chi connectivity index (χ4v) is 2.57. The minimum atomic E-state index is -0.217. The van der Waals surface area contributed by atoms with Crippen molar-refractivity contribution in [2.24, 2.45) is 0 Å². The monoisotopic (exact) mass is 367 g/mol. The summed E-state index contributed by atoms with van der Waals surface area (Å²) in [5.41, 5.74) is 1.74. The molecule has 4 rings (SSSR count). The van der Waals surface area contributed by atoms with Crippen LogP contribution in [0.5, 0.6) is 17.2 Å². The molecule has 138 valence electrons. The molecule has 1 aromatic heterocycles. The van der Waals surface area contributed by atoms with Crippen LogP contribution in [0.15, 0.2) is 47.0 Å². The van der Waals surface area contributed by atoms with Gasteiger partial charge in [0.05, 0.1) is 0 Å². The molecule has 2 heterocycles. The van der Waals surface area contributed by atoms with Crippen LogP contribution in [0.2, 0.25) is 0 Å². The van der Waals surface area contributed by atoms with E-state index in [9.17, 15) is 4.79 Å². The fraction of sp³-hybridized carbons (Fsp3) is 0.211. The summed E-state index contributed by atoms with van der Waals surface area (Å²) in [5, 5.41) is 6.66. The number of nitrogens with one attached hydrogen (secondary N) is 1. The van der Waals surface area contributed by atoms with Crippen molar-refractivity contribution in [1.82, 2.24) is 15.5 Å². The molecule has 0 saturated carbocycles. The molecule has 0 radical (unpaired) electrons. The minimum absolute atomic E-state index is 0.0782. The number of carbonyl (C=O) groups excluding carboxylic acids is 1. The summed E-state index contributed by atoms with van der Waals surface area (Å²) in [6, 6.07) is 12.7. The number of hydrogen-bond acceptors (Lipinski definition) is 7. The van der Waals surface area contributed by atoms with Crippen LogP contribution in [0.3, 0.4) is 0 Å². The van der Waals surface area contributed by atoms with E-state index in [1.54, 1.807) is 19.1 Å². The van der Waals surface area contributed by atoms with Gasteiger partial charge in [-0.1, -0.05) is 11.2 Å². The van der Waals surface area contributed by atoms with Crippen LogP contribution in [0.4, 0.5) is 0 Å². The van der Waals surface area contributed by atoms with Crippen molar-refractivity contribution in [2.75, 3.05) is 13.4 Å². The molecule has 8 nitrogen and oxygen atoms in total. The predicted molar refractivity (Wildman–Crippen MR) is 94.4 cm³/mol. The van der Waals surface area contributed by atoms with Gasteiger partial charge in [0.15, 0.2) is 18.1 Å². The average Bonchev–Trinajstić information content (AvgIpc) is 3.33. The first-order valence-electron chi connectivity index (χ1n) is 8.36. The van der Waals surface area contributed by atoms with E-state index in [4.69, 9.17) is 18.7 Å². The molecule has 0 fully saturated rings. The van der Waals surface area contributed by atoms with Gasteiger partial charge in [-0.05, 0) is 42.0 Å². The molecular weight excluding hydrogens is 350 g/mol. The van der Waals surface area contributed by atoms with Gasteiger partial charge >= 0.3 is 0 Å². The SMILES string of the molecule is Cc1nc(-c2ccc(OCC(=O)NCc3ccc4c(c3)OCO4)cc2)no1. The second kappa shape index (κ2) is 7.36. The highest BCUT2D eigenvalue weighted by atomic mass is 16.7. The lowest BCUT2D eigenvalue weighted by Crippen LogP contribution is -2.28. The molecule has 0 saturated heterocycles. The maximum Gasteiger partial charge on any atom is 0.258 e. The first-order chi connectivity index (χ1) is 13.2. The Morgan fingerprint density at radius 1 is 1.15 bits per heavy atom. The van der Waals surface area contributed by atoms with Crippen molar-refractivity contribution in [1.29, 1.82) is 0 Å². The number of fused-ring (bicyclic) bond motifs is 1. The molecule has 0 aliphatic carbocycles. The Kier molecular flexibility index (Phi) is 4.61. The van der Waals surface area contributed by atoms with Crippen LogP contribution in [0.1, 0.15) is 11.5 Å². The Bertz CT molecular complexity index is 952. The lowest BCUT2D eigenvalue weighted by molar-refractivity contribution is -0.123. The molecule has 3 aromatic rings. The number of hydrogen-bond donors (Lipinski definition) is 1. The van der Waals surface area contributed by atoms with E-state index in [1.165, 1.54) is 0 Å². The Labute approximate surface area is 155 Å². The normalized spacial score (nSPS) is 12.0. The Hall–Kier alpha value is -3.55. The molecule has 1 aliphatic rings. The van der Waals surface area contributed by atoms with Gasteiger partial charge in [0, 0.05) is 19.0 Å². The van der Waals surface area contributed by atoms with Gasteiger partial charge in [-0.2, -0.15) is 4.98 Å². The third kappa shape index (κ3) is 4.00. The van der Waals surface area contributed by atoms with Crippen LogP contribution in [-0.2, 0) is 11.3 Å². The van der Waals surface area contributed by atoms with Gasteiger partial charge in [0.1, 0.15) is 5.75 Å². The van der Waals surface area contributed by atoms with Gasteiger partial charge in [0.2, 0.25) is 18.5 Å². The maximum absolute atomic E-state index is 12.0. The number of benzene rings is 2. The number of aromatic nitrogens is 2. The Morgan fingerprint density at radius 2 is 1.96 bits per heavy atom. The maximum atomic E-state index is 12.0. The zero-order valence-electron chi connectivity index (χ0n) is 14.6.